The minimum Gasteiger partial charge on any atom is -0.337 e. The molecule has 0 spiro atoms. The molecule has 1 atom stereocenters. The highest BCUT2D eigenvalue weighted by Crippen LogP contribution is 2.16. The van der Waals surface area contributed by atoms with Gasteiger partial charge in [0.05, 0.1) is 16.7 Å². The van der Waals surface area contributed by atoms with Crippen LogP contribution in [-0.4, -0.2) is 48.1 Å². The van der Waals surface area contributed by atoms with Crippen molar-refractivity contribution in [2.45, 2.75) is 23.8 Å². The van der Waals surface area contributed by atoms with Crippen LogP contribution in [0.1, 0.15) is 23.2 Å². The lowest BCUT2D eigenvalue weighted by atomic mass is 10.1. The van der Waals surface area contributed by atoms with Gasteiger partial charge in [0.25, 0.3) is 5.91 Å². The van der Waals surface area contributed by atoms with Gasteiger partial charge < -0.3 is 4.90 Å². The number of nitrogens with zero attached hydrogens (tertiary/aromatic N) is 3. The second-order valence-electron chi connectivity index (χ2n) is 5.93. The van der Waals surface area contributed by atoms with E-state index in [1.165, 1.54) is 6.20 Å². The van der Waals surface area contributed by atoms with E-state index in [9.17, 15) is 13.2 Å². The molecule has 1 aliphatic heterocycles. The molecule has 8 heteroatoms. The SMILES string of the molecule is Cn1cc(C(=O)N2CCC[C@@H](NS(=O)(=O)c3ccccc3)C2)cn1. The Morgan fingerprint density at radius 2 is 2.04 bits per heavy atom. The van der Waals surface area contributed by atoms with Crippen LogP contribution in [0.2, 0.25) is 0 Å². The maximum atomic E-state index is 12.5. The van der Waals surface area contributed by atoms with Crippen molar-refractivity contribution in [2.75, 3.05) is 13.1 Å². The molecule has 2 heterocycles. The first-order chi connectivity index (χ1) is 11.5. The number of piperidine rings is 1. The van der Waals surface area contributed by atoms with Gasteiger partial charge in [-0.25, -0.2) is 13.1 Å². The number of rotatable bonds is 4. The second kappa shape index (κ2) is 6.74. The summed E-state index contributed by atoms with van der Waals surface area (Å²) in [5.74, 6) is -0.119. The Balaban J connectivity index is 1.69. The van der Waals surface area contributed by atoms with Crippen molar-refractivity contribution in [3.63, 3.8) is 0 Å². The van der Waals surface area contributed by atoms with Gasteiger partial charge in [-0.3, -0.25) is 9.48 Å². The maximum absolute atomic E-state index is 12.5. The summed E-state index contributed by atoms with van der Waals surface area (Å²) in [5.41, 5.74) is 0.518. The van der Waals surface area contributed by atoms with E-state index in [-0.39, 0.29) is 16.8 Å². The van der Waals surface area contributed by atoms with Gasteiger partial charge in [-0.2, -0.15) is 5.10 Å². The van der Waals surface area contributed by atoms with Gasteiger partial charge in [0.1, 0.15) is 0 Å². The van der Waals surface area contributed by atoms with Gasteiger partial charge in [0.15, 0.2) is 0 Å². The third-order valence-electron chi connectivity index (χ3n) is 4.04. The van der Waals surface area contributed by atoms with Crippen LogP contribution in [0.25, 0.3) is 0 Å². The molecule has 0 bridgehead atoms. The number of hydrogen-bond donors (Lipinski definition) is 1. The third-order valence-corrected chi connectivity index (χ3v) is 5.57. The van der Waals surface area contributed by atoms with Crippen LogP contribution >= 0.6 is 0 Å². The largest absolute Gasteiger partial charge is 0.337 e. The monoisotopic (exact) mass is 348 g/mol. The first-order valence-electron chi connectivity index (χ1n) is 7.81. The Morgan fingerprint density at radius 1 is 1.29 bits per heavy atom. The Hall–Kier alpha value is -2.19. The molecular weight excluding hydrogens is 328 g/mol. The molecule has 128 valence electrons. The van der Waals surface area contributed by atoms with Crippen molar-refractivity contribution in [2.24, 2.45) is 7.05 Å². The normalized spacial score (nSPS) is 18.5. The van der Waals surface area contributed by atoms with Crippen molar-refractivity contribution < 1.29 is 13.2 Å². The molecule has 2 aromatic rings. The number of hydrogen-bond acceptors (Lipinski definition) is 4. The van der Waals surface area contributed by atoms with Crippen LogP contribution < -0.4 is 4.72 Å². The van der Waals surface area contributed by atoms with Crippen LogP contribution in [0.4, 0.5) is 0 Å². The third kappa shape index (κ3) is 3.65. The molecule has 24 heavy (non-hydrogen) atoms. The van der Waals surface area contributed by atoms with Crippen molar-refractivity contribution >= 4 is 15.9 Å². The van der Waals surface area contributed by atoms with E-state index < -0.39 is 10.0 Å². The summed E-state index contributed by atoms with van der Waals surface area (Å²) < 4.78 is 29.1. The summed E-state index contributed by atoms with van der Waals surface area (Å²) in [5, 5.41) is 4.01. The quantitative estimate of drug-likeness (QED) is 0.893. The van der Waals surface area contributed by atoms with Gasteiger partial charge in [-0.05, 0) is 25.0 Å². The zero-order valence-corrected chi connectivity index (χ0v) is 14.2. The molecule has 0 radical (unpaired) electrons. The highest BCUT2D eigenvalue weighted by atomic mass is 32.2. The number of amides is 1. The van der Waals surface area contributed by atoms with E-state index in [1.54, 1.807) is 53.2 Å². The molecule has 0 aliphatic carbocycles. The average Bonchev–Trinajstić information content (AvgIpc) is 3.01. The molecule has 1 aliphatic rings. The summed E-state index contributed by atoms with van der Waals surface area (Å²) in [6.45, 7) is 0.983. The Kier molecular flexibility index (Phi) is 4.68. The minimum atomic E-state index is -3.57. The molecule has 1 fully saturated rings. The number of sulfonamides is 1. The Bertz CT molecular complexity index is 817. The topological polar surface area (TPSA) is 84.3 Å². The number of carbonyl (C=O) groups excluding carboxylic acids is 1. The number of nitrogens with one attached hydrogen (secondary N) is 1. The van der Waals surface area contributed by atoms with E-state index in [0.29, 0.717) is 25.1 Å². The van der Waals surface area contributed by atoms with E-state index in [2.05, 4.69) is 9.82 Å². The fourth-order valence-electron chi connectivity index (χ4n) is 2.86. The lowest BCUT2D eigenvalue weighted by Gasteiger charge is -2.32. The number of carbonyl (C=O) groups is 1. The molecule has 1 N–H and O–H groups in total. The predicted octanol–water partition coefficient (Wildman–Crippen LogP) is 1.00. The van der Waals surface area contributed by atoms with Gasteiger partial charge in [0.2, 0.25) is 10.0 Å². The minimum absolute atomic E-state index is 0.119. The molecule has 1 saturated heterocycles. The lowest BCUT2D eigenvalue weighted by molar-refractivity contribution is 0.0703. The van der Waals surface area contributed by atoms with E-state index in [1.807, 2.05) is 0 Å². The highest BCUT2D eigenvalue weighted by Gasteiger charge is 2.28. The average molecular weight is 348 g/mol. The summed E-state index contributed by atoms with van der Waals surface area (Å²) in [6, 6.07) is 7.98. The summed E-state index contributed by atoms with van der Waals surface area (Å²) in [7, 11) is -1.82. The number of aryl methyl sites for hydroxylation is 1. The first-order valence-corrected chi connectivity index (χ1v) is 9.29. The fourth-order valence-corrected chi connectivity index (χ4v) is 4.14. The van der Waals surface area contributed by atoms with Gasteiger partial charge in [-0.15, -0.1) is 0 Å². The molecule has 1 aromatic carbocycles. The van der Waals surface area contributed by atoms with Crippen LogP contribution in [0, 0.1) is 0 Å². The smallest absolute Gasteiger partial charge is 0.257 e. The van der Waals surface area contributed by atoms with Gasteiger partial charge in [-0.1, -0.05) is 18.2 Å². The van der Waals surface area contributed by atoms with Crippen LogP contribution in [0.5, 0.6) is 0 Å². The van der Waals surface area contributed by atoms with Crippen LogP contribution in [-0.2, 0) is 17.1 Å². The van der Waals surface area contributed by atoms with Crippen LogP contribution in [0.15, 0.2) is 47.6 Å². The highest BCUT2D eigenvalue weighted by molar-refractivity contribution is 7.89. The molecule has 1 aromatic heterocycles. The predicted molar refractivity (Wildman–Crippen MR) is 88.9 cm³/mol. The van der Waals surface area contributed by atoms with Crippen molar-refractivity contribution in [1.29, 1.82) is 0 Å². The molecule has 7 nitrogen and oxygen atoms in total. The standard InChI is InChI=1S/C16H20N4O3S/c1-19-11-13(10-17-19)16(21)20-9-5-6-14(12-20)18-24(22,23)15-7-3-2-4-8-15/h2-4,7-8,10-11,14,18H,5-6,9,12H2,1H3/t14-/m1/s1. The number of benzene rings is 1. The van der Waals surface area contributed by atoms with E-state index in [0.717, 1.165) is 6.42 Å². The maximum Gasteiger partial charge on any atom is 0.257 e. The van der Waals surface area contributed by atoms with Crippen molar-refractivity contribution in [3.05, 3.63) is 48.3 Å². The van der Waals surface area contributed by atoms with E-state index >= 15 is 0 Å². The summed E-state index contributed by atoms with van der Waals surface area (Å²) in [6.07, 6.45) is 4.66. The zero-order chi connectivity index (χ0) is 17.2. The molecule has 3 rings (SSSR count). The van der Waals surface area contributed by atoms with Crippen molar-refractivity contribution in [3.8, 4) is 0 Å². The second-order valence-corrected chi connectivity index (χ2v) is 7.64. The van der Waals surface area contributed by atoms with Gasteiger partial charge >= 0.3 is 0 Å². The lowest BCUT2D eigenvalue weighted by Crippen LogP contribution is -2.49. The number of aromatic nitrogens is 2. The van der Waals surface area contributed by atoms with Crippen molar-refractivity contribution in [1.82, 2.24) is 19.4 Å². The first kappa shape index (κ1) is 16.7. The Morgan fingerprint density at radius 3 is 2.71 bits per heavy atom. The molecular formula is C16H20N4O3S. The van der Waals surface area contributed by atoms with E-state index in [4.69, 9.17) is 0 Å². The Labute approximate surface area is 141 Å². The molecule has 0 saturated carbocycles. The summed E-state index contributed by atoms with van der Waals surface area (Å²) in [4.78, 5) is 14.4. The van der Waals surface area contributed by atoms with Gasteiger partial charge in [0, 0.05) is 32.4 Å². The molecule has 1 amide bonds. The summed E-state index contributed by atoms with van der Waals surface area (Å²) >= 11 is 0. The number of likely N-dealkylation sites (tertiary alicyclic amines) is 1. The van der Waals surface area contributed by atoms with Crippen LogP contribution in [0.3, 0.4) is 0 Å². The zero-order valence-electron chi connectivity index (χ0n) is 13.4. The molecule has 0 unspecified atom stereocenters. The fraction of sp³-hybridized carbons (Fsp3) is 0.375.